The predicted octanol–water partition coefficient (Wildman–Crippen LogP) is -0.202. The molecule has 0 unspecified atom stereocenters. The van der Waals surface area contributed by atoms with Gasteiger partial charge in [0.25, 0.3) is 0 Å². The number of hydrogen-bond acceptors (Lipinski definition) is 3. The van der Waals surface area contributed by atoms with Crippen LogP contribution in [0.1, 0.15) is 11.3 Å². The van der Waals surface area contributed by atoms with Crippen molar-refractivity contribution in [2.45, 2.75) is 13.0 Å². The first-order chi connectivity index (χ1) is 6.18. The second kappa shape index (κ2) is 2.85. The van der Waals surface area contributed by atoms with Gasteiger partial charge >= 0.3 is 6.03 Å². The SMILES string of the molecule is CN1CCc2c(cnn2C(N)=O)C1. The summed E-state index contributed by atoms with van der Waals surface area (Å²) in [7, 11) is 2.05. The van der Waals surface area contributed by atoms with Crippen LogP contribution in [0, 0.1) is 0 Å². The Morgan fingerprint density at radius 1 is 1.69 bits per heavy atom. The van der Waals surface area contributed by atoms with E-state index in [-0.39, 0.29) is 0 Å². The van der Waals surface area contributed by atoms with Crippen molar-refractivity contribution in [1.82, 2.24) is 14.7 Å². The molecule has 70 valence electrons. The number of carbonyl (C=O) groups excluding carboxylic acids is 1. The lowest BCUT2D eigenvalue weighted by molar-refractivity contribution is 0.245. The minimum Gasteiger partial charge on any atom is -0.350 e. The van der Waals surface area contributed by atoms with Gasteiger partial charge in [0.15, 0.2) is 0 Å². The zero-order chi connectivity index (χ0) is 9.42. The Morgan fingerprint density at radius 3 is 3.15 bits per heavy atom. The molecule has 0 aliphatic carbocycles. The summed E-state index contributed by atoms with van der Waals surface area (Å²) >= 11 is 0. The van der Waals surface area contributed by atoms with E-state index in [9.17, 15) is 4.79 Å². The van der Waals surface area contributed by atoms with Crippen LogP contribution in [0.3, 0.4) is 0 Å². The molecule has 1 aromatic rings. The van der Waals surface area contributed by atoms with Gasteiger partial charge in [0.2, 0.25) is 0 Å². The maximum absolute atomic E-state index is 10.9. The molecule has 0 spiro atoms. The third-order valence-corrected chi connectivity index (χ3v) is 2.33. The first-order valence-electron chi connectivity index (χ1n) is 4.22. The van der Waals surface area contributed by atoms with Gasteiger partial charge in [-0.1, -0.05) is 0 Å². The molecule has 1 aromatic heterocycles. The van der Waals surface area contributed by atoms with Crippen molar-refractivity contribution < 1.29 is 4.79 Å². The molecule has 1 amide bonds. The van der Waals surface area contributed by atoms with E-state index in [1.165, 1.54) is 4.68 Å². The van der Waals surface area contributed by atoms with E-state index in [0.29, 0.717) is 0 Å². The van der Waals surface area contributed by atoms with Crippen molar-refractivity contribution in [3.63, 3.8) is 0 Å². The maximum atomic E-state index is 10.9. The number of likely N-dealkylation sites (N-methyl/N-ethyl adjacent to an activating group) is 1. The van der Waals surface area contributed by atoms with Crippen LogP contribution in [0.2, 0.25) is 0 Å². The Morgan fingerprint density at radius 2 is 2.46 bits per heavy atom. The highest BCUT2D eigenvalue weighted by Gasteiger charge is 2.19. The minimum atomic E-state index is -0.495. The highest BCUT2D eigenvalue weighted by molar-refractivity contribution is 5.74. The normalized spacial score (nSPS) is 17.0. The van der Waals surface area contributed by atoms with E-state index >= 15 is 0 Å². The van der Waals surface area contributed by atoms with E-state index in [2.05, 4.69) is 10.00 Å². The molecule has 2 rings (SSSR count). The molecule has 0 atom stereocenters. The topological polar surface area (TPSA) is 64.2 Å². The Hall–Kier alpha value is -1.36. The fourth-order valence-electron chi connectivity index (χ4n) is 1.66. The molecule has 5 nitrogen and oxygen atoms in total. The maximum Gasteiger partial charge on any atom is 0.339 e. The van der Waals surface area contributed by atoms with Gasteiger partial charge in [0.1, 0.15) is 0 Å². The monoisotopic (exact) mass is 180 g/mol. The summed E-state index contributed by atoms with van der Waals surface area (Å²) in [5.74, 6) is 0. The lowest BCUT2D eigenvalue weighted by Gasteiger charge is -2.22. The molecule has 2 N–H and O–H groups in total. The van der Waals surface area contributed by atoms with E-state index in [4.69, 9.17) is 5.73 Å². The number of amides is 1. The molecule has 0 radical (unpaired) electrons. The average molecular weight is 180 g/mol. The second-order valence-electron chi connectivity index (χ2n) is 3.35. The van der Waals surface area contributed by atoms with Gasteiger partial charge in [-0.2, -0.15) is 9.78 Å². The van der Waals surface area contributed by atoms with E-state index in [0.717, 1.165) is 30.8 Å². The summed E-state index contributed by atoms with van der Waals surface area (Å²) < 4.78 is 1.29. The number of nitrogens with zero attached hydrogens (tertiary/aromatic N) is 3. The number of nitrogens with two attached hydrogens (primary N) is 1. The van der Waals surface area contributed by atoms with E-state index in [1.54, 1.807) is 6.20 Å². The zero-order valence-corrected chi connectivity index (χ0v) is 7.53. The zero-order valence-electron chi connectivity index (χ0n) is 7.53. The van der Waals surface area contributed by atoms with Crippen LogP contribution < -0.4 is 5.73 Å². The standard InChI is InChI=1S/C8H12N4O/c1-11-3-2-7-6(5-11)4-10-12(7)8(9)13/h4H,2-3,5H2,1H3,(H2,9,13). The number of primary amides is 1. The van der Waals surface area contributed by atoms with Crippen LogP contribution in [-0.2, 0) is 13.0 Å². The largest absolute Gasteiger partial charge is 0.350 e. The molecule has 1 aliphatic heterocycles. The summed E-state index contributed by atoms with van der Waals surface area (Å²) in [5, 5.41) is 3.95. The number of hydrogen-bond donors (Lipinski definition) is 1. The van der Waals surface area contributed by atoms with Gasteiger partial charge in [-0.05, 0) is 7.05 Å². The minimum absolute atomic E-state index is 0.495. The highest BCUT2D eigenvalue weighted by atomic mass is 16.2. The van der Waals surface area contributed by atoms with Crippen molar-refractivity contribution in [3.05, 3.63) is 17.5 Å². The van der Waals surface area contributed by atoms with Crippen LogP contribution in [-0.4, -0.2) is 34.3 Å². The average Bonchev–Trinajstić information content (AvgIpc) is 2.46. The van der Waals surface area contributed by atoms with Gasteiger partial charge in [-0.25, -0.2) is 4.79 Å². The molecule has 0 saturated carbocycles. The summed E-state index contributed by atoms with van der Waals surface area (Å²) in [5.41, 5.74) is 7.23. The lowest BCUT2D eigenvalue weighted by atomic mass is 10.1. The van der Waals surface area contributed by atoms with Gasteiger partial charge in [-0.15, -0.1) is 0 Å². The van der Waals surface area contributed by atoms with Crippen LogP contribution in [0.5, 0.6) is 0 Å². The molecule has 0 bridgehead atoms. The Kier molecular flexibility index (Phi) is 1.81. The molecule has 2 heterocycles. The molecular weight excluding hydrogens is 168 g/mol. The quantitative estimate of drug-likeness (QED) is 0.601. The Labute approximate surface area is 76.1 Å². The Bertz CT molecular complexity index is 344. The summed E-state index contributed by atoms with van der Waals surface area (Å²) in [4.78, 5) is 13.1. The molecule has 0 fully saturated rings. The third-order valence-electron chi connectivity index (χ3n) is 2.33. The van der Waals surface area contributed by atoms with Gasteiger partial charge < -0.3 is 10.6 Å². The van der Waals surface area contributed by atoms with Crippen LogP contribution in [0.25, 0.3) is 0 Å². The fraction of sp³-hybridized carbons (Fsp3) is 0.500. The van der Waals surface area contributed by atoms with Gasteiger partial charge in [0.05, 0.1) is 11.9 Å². The fourth-order valence-corrected chi connectivity index (χ4v) is 1.66. The summed E-state index contributed by atoms with van der Waals surface area (Å²) in [6, 6.07) is -0.495. The van der Waals surface area contributed by atoms with Crippen molar-refractivity contribution >= 4 is 6.03 Å². The van der Waals surface area contributed by atoms with Crippen molar-refractivity contribution in [2.24, 2.45) is 5.73 Å². The van der Waals surface area contributed by atoms with Crippen LogP contribution in [0.4, 0.5) is 4.79 Å². The predicted molar refractivity (Wildman–Crippen MR) is 47.2 cm³/mol. The summed E-state index contributed by atoms with van der Waals surface area (Å²) in [6.45, 7) is 1.80. The van der Waals surface area contributed by atoms with E-state index < -0.39 is 6.03 Å². The molecule has 13 heavy (non-hydrogen) atoms. The van der Waals surface area contributed by atoms with Crippen molar-refractivity contribution in [1.29, 1.82) is 0 Å². The van der Waals surface area contributed by atoms with Gasteiger partial charge in [0, 0.05) is 25.1 Å². The number of fused-ring (bicyclic) bond motifs is 1. The first-order valence-corrected chi connectivity index (χ1v) is 4.22. The molecule has 5 heteroatoms. The van der Waals surface area contributed by atoms with Gasteiger partial charge in [-0.3, -0.25) is 0 Å². The molecule has 0 saturated heterocycles. The lowest BCUT2D eigenvalue weighted by Crippen LogP contribution is -2.30. The number of aromatic nitrogens is 2. The first kappa shape index (κ1) is 8.25. The van der Waals surface area contributed by atoms with Crippen molar-refractivity contribution in [2.75, 3.05) is 13.6 Å². The highest BCUT2D eigenvalue weighted by Crippen LogP contribution is 2.16. The molecule has 1 aliphatic rings. The van der Waals surface area contributed by atoms with Crippen LogP contribution in [0.15, 0.2) is 6.20 Å². The third kappa shape index (κ3) is 1.31. The second-order valence-corrected chi connectivity index (χ2v) is 3.35. The molecule has 0 aromatic carbocycles. The van der Waals surface area contributed by atoms with E-state index in [1.807, 2.05) is 7.05 Å². The molecular formula is C8H12N4O. The summed E-state index contributed by atoms with van der Waals surface area (Å²) in [6.07, 6.45) is 2.56. The Balaban J connectivity index is 2.39. The number of rotatable bonds is 0. The number of carbonyl (C=O) groups is 1. The van der Waals surface area contributed by atoms with Crippen molar-refractivity contribution in [3.8, 4) is 0 Å². The smallest absolute Gasteiger partial charge is 0.339 e. The van der Waals surface area contributed by atoms with Crippen LogP contribution >= 0.6 is 0 Å².